The highest BCUT2D eigenvalue weighted by molar-refractivity contribution is 7.89. The van der Waals surface area contributed by atoms with Crippen molar-refractivity contribution in [1.29, 1.82) is 0 Å². The minimum atomic E-state index is -3.44. The van der Waals surface area contributed by atoms with Crippen molar-refractivity contribution in [2.75, 3.05) is 39.8 Å². The first-order valence-electron chi connectivity index (χ1n) is 9.62. The van der Waals surface area contributed by atoms with Gasteiger partial charge >= 0.3 is 0 Å². The number of hydroxylamine groups is 2. The molecule has 2 fully saturated rings. The number of sulfonamides is 1. The standard InChI is InChI=1S/C20H27N3O3S2/c1-16-8-13-27-20(16)19-18(15-26-21(19)2)28(24,25)23-11-9-22(10-12-23)14-17-6-4-3-5-7-17/h3-8,13,18-19H,9-12,14-15H2,1-2H3. The average molecular weight is 422 g/mol. The monoisotopic (exact) mass is 421 g/mol. The van der Waals surface area contributed by atoms with Crippen LogP contribution in [-0.4, -0.2) is 67.8 Å². The van der Waals surface area contributed by atoms with Crippen molar-refractivity contribution in [3.05, 3.63) is 57.8 Å². The van der Waals surface area contributed by atoms with E-state index in [1.807, 2.05) is 43.6 Å². The van der Waals surface area contributed by atoms with Gasteiger partial charge in [-0.05, 0) is 29.5 Å². The molecule has 0 N–H and O–H groups in total. The summed E-state index contributed by atoms with van der Waals surface area (Å²) in [6.07, 6.45) is 0. The van der Waals surface area contributed by atoms with Crippen molar-refractivity contribution in [2.24, 2.45) is 0 Å². The number of benzene rings is 1. The lowest BCUT2D eigenvalue weighted by Crippen LogP contribution is -2.51. The van der Waals surface area contributed by atoms with Crippen LogP contribution in [0, 0.1) is 6.92 Å². The molecule has 2 aliphatic rings. The Morgan fingerprint density at radius 2 is 1.82 bits per heavy atom. The van der Waals surface area contributed by atoms with Crippen LogP contribution in [0.3, 0.4) is 0 Å². The number of hydrogen-bond acceptors (Lipinski definition) is 6. The molecule has 0 radical (unpaired) electrons. The minimum absolute atomic E-state index is 0.213. The Morgan fingerprint density at radius 1 is 1.11 bits per heavy atom. The maximum atomic E-state index is 13.4. The summed E-state index contributed by atoms with van der Waals surface area (Å²) in [5.41, 5.74) is 2.39. The average Bonchev–Trinajstić information content (AvgIpc) is 3.28. The van der Waals surface area contributed by atoms with E-state index in [4.69, 9.17) is 4.84 Å². The van der Waals surface area contributed by atoms with Crippen LogP contribution < -0.4 is 0 Å². The van der Waals surface area contributed by atoms with E-state index >= 15 is 0 Å². The lowest BCUT2D eigenvalue weighted by atomic mass is 10.1. The van der Waals surface area contributed by atoms with Gasteiger partial charge in [0.05, 0.1) is 12.6 Å². The molecule has 152 valence electrons. The molecule has 6 nitrogen and oxygen atoms in total. The van der Waals surface area contributed by atoms with Crippen LogP contribution in [0.4, 0.5) is 0 Å². The molecule has 8 heteroatoms. The number of nitrogens with zero attached hydrogens (tertiary/aromatic N) is 3. The maximum Gasteiger partial charge on any atom is 0.221 e. The predicted octanol–water partition coefficient (Wildman–Crippen LogP) is 2.49. The molecule has 0 bridgehead atoms. The van der Waals surface area contributed by atoms with Crippen molar-refractivity contribution in [1.82, 2.24) is 14.3 Å². The van der Waals surface area contributed by atoms with Gasteiger partial charge in [-0.2, -0.15) is 9.37 Å². The number of aryl methyl sites for hydroxylation is 1. The van der Waals surface area contributed by atoms with E-state index in [0.717, 1.165) is 30.1 Å². The molecule has 1 aromatic carbocycles. The Morgan fingerprint density at radius 3 is 2.46 bits per heavy atom. The van der Waals surface area contributed by atoms with E-state index in [2.05, 4.69) is 17.0 Å². The lowest BCUT2D eigenvalue weighted by Gasteiger charge is -2.36. The zero-order valence-electron chi connectivity index (χ0n) is 16.3. The zero-order chi connectivity index (χ0) is 19.7. The quantitative estimate of drug-likeness (QED) is 0.743. The second-order valence-electron chi connectivity index (χ2n) is 7.50. The van der Waals surface area contributed by atoms with Gasteiger partial charge < -0.3 is 0 Å². The van der Waals surface area contributed by atoms with Crippen LogP contribution in [0.2, 0.25) is 0 Å². The van der Waals surface area contributed by atoms with Gasteiger partial charge in [-0.25, -0.2) is 8.42 Å². The van der Waals surface area contributed by atoms with Crippen LogP contribution in [0.15, 0.2) is 41.8 Å². The van der Waals surface area contributed by atoms with Gasteiger partial charge in [-0.15, -0.1) is 11.3 Å². The van der Waals surface area contributed by atoms with Crippen LogP contribution >= 0.6 is 11.3 Å². The Bertz CT molecular complexity index is 892. The molecule has 2 aromatic rings. The highest BCUT2D eigenvalue weighted by Gasteiger charge is 2.47. The summed E-state index contributed by atoms with van der Waals surface area (Å²) in [5.74, 6) is 0. The Hall–Kier alpha value is -1.29. The number of rotatable bonds is 5. The fourth-order valence-electron chi connectivity index (χ4n) is 4.04. The molecule has 2 aliphatic heterocycles. The second kappa shape index (κ2) is 8.22. The van der Waals surface area contributed by atoms with Crippen molar-refractivity contribution in [2.45, 2.75) is 24.8 Å². The third-order valence-corrected chi connectivity index (χ3v) is 9.01. The summed E-state index contributed by atoms with van der Waals surface area (Å²) in [4.78, 5) is 9.06. The first-order chi connectivity index (χ1) is 13.5. The Labute approximate surface area is 171 Å². The van der Waals surface area contributed by atoms with E-state index in [9.17, 15) is 8.42 Å². The molecule has 0 aliphatic carbocycles. The highest BCUT2D eigenvalue weighted by atomic mass is 32.2. The largest absolute Gasteiger partial charge is 0.297 e. The van der Waals surface area contributed by atoms with Crippen molar-refractivity contribution < 1.29 is 13.3 Å². The number of piperazine rings is 1. The van der Waals surface area contributed by atoms with Crippen LogP contribution in [-0.2, 0) is 21.4 Å². The molecule has 2 unspecified atom stereocenters. The summed E-state index contributed by atoms with van der Waals surface area (Å²) < 4.78 is 28.5. The van der Waals surface area contributed by atoms with Gasteiger partial charge in [-0.3, -0.25) is 9.74 Å². The number of thiophene rings is 1. The van der Waals surface area contributed by atoms with E-state index < -0.39 is 15.3 Å². The van der Waals surface area contributed by atoms with Gasteiger partial charge in [0, 0.05) is 44.6 Å². The summed E-state index contributed by atoms with van der Waals surface area (Å²) in [5, 5.41) is 3.17. The fourth-order valence-corrected chi connectivity index (χ4v) is 7.17. The molecule has 0 amide bonds. The minimum Gasteiger partial charge on any atom is -0.297 e. The fraction of sp³-hybridized carbons (Fsp3) is 0.500. The smallest absolute Gasteiger partial charge is 0.221 e. The molecule has 2 saturated heterocycles. The van der Waals surface area contributed by atoms with E-state index in [-0.39, 0.29) is 12.6 Å². The van der Waals surface area contributed by atoms with Crippen molar-refractivity contribution >= 4 is 21.4 Å². The number of hydrogen-bond donors (Lipinski definition) is 0. The topological polar surface area (TPSA) is 53.1 Å². The summed E-state index contributed by atoms with van der Waals surface area (Å²) in [6.45, 7) is 5.67. The van der Waals surface area contributed by atoms with E-state index in [1.54, 1.807) is 20.7 Å². The van der Waals surface area contributed by atoms with Gasteiger partial charge in [0.2, 0.25) is 10.0 Å². The third kappa shape index (κ3) is 3.90. The normalized spacial score (nSPS) is 25.4. The maximum absolute atomic E-state index is 13.4. The Balaban J connectivity index is 1.45. The molecule has 2 atom stereocenters. The van der Waals surface area contributed by atoms with Crippen LogP contribution in [0.25, 0.3) is 0 Å². The van der Waals surface area contributed by atoms with E-state index in [1.165, 1.54) is 5.56 Å². The van der Waals surface area contributed by atoms with Gasteiger partial charge in [-0.1, -0.05) is 30.3 Å². The van der Waals surface area contributed by atoms with E-state index in [0.29, 0.717) is 13.1 Å². The first kappa shape index (κ1) is 20.0. The zero-order valence-corrected chi connectivity index (χ0v) is 18.0. The first-order valence-corrected chi connectivity index (χ1v) is 12.0. The molecule has 28 heavy (non-hydrogen) atoms. The molecular formula is C20H27N3O3S2. The van der Waals surface area contributed by atoms with Gasteiger partial charge in [0.25, 0.3) is 0 Å². The molecule has 0 spiro atoms. The predicted molar refractivity (Wildman–Crippen MR) is 112 cm³/mol. The highest BCUT2D eigenvalue weighted by Crippen LogP contribution is 2.39. The van der Waals surface area contributed by atoms with Crippen LogP contribution in [0.1, 0.15) is 22.0 Å². The summed E-state index contributed by atoms with van der Waals surface area (Å²) >= 11 is 1.61. The second-order valence-corrected chi connectivity index (χ2v) is 10.6. The lowest BCUT2D eigenvalue weighted by molar-refractivity contribution is -0.110. The summed E-state index contributed by atoms with van der Waals surface area (Å²) in [7, 11) is -1.61. The van der Waals surface area contributed by atoms with Gasteiger partial charge in [0.15, 0.2) is 0 Å². The molecule has 4 rings (SSSR count). The van der Waals surface area contributed by atoms with Crippen molar-refractivity contribution in [3.8, 4) is 0 Å². The molecule has 1 aromatic heterocycles. The van der Waals surface area contributed by atoms with Crippen LogP contribution in [0.5, 0.6) is 0 Å². The molecular weight excluding hydrogens is 394 g/mol. The SMILES string of the molecule is Cc1ccsc1C1C(S(=O)(=O)N2CCN(Cc3ccccc3)CC2)CON1C. The molecule has 3 heterocycles. The molecule has 0 saturated carbocycles. The third-order valence-electron chi connectivity index (χ3n) is 5.68. The van der Waals surface area contributed by atoms with Gasteiger partial charge in [0.1, 0.15) is 5.25 Å². The van der Waals surface area contributed by atoms with Crippen molar-refractivity contribution in [3.63, 3.8) is 0 Å². The summed E-state index contributed by atoms with van der Waals surface area (Å²) in [6, 6.07) is 12.1. The Kier molecular flexibility index (Phi) is 5.87.